The predicted octanol–water partition coefficient (Wildman–Crippen LogP) is 5.89. The first kappa shape index (κ1) is 21.5. The average molecular weight is 463 g/mol. The minimum atomic E-state index is -0.187. The molecular formula is C20H19Cl4NO3. The van der Waals surface area contributed by atoms with Crippen LogP contribution in [0, 0.1) is 0 Å². The Labute approximate surface area is 184 Å². The summed E-state index contributed by atoms with van der Waals surface area (Å²) in [5.41, 5.74) is 0.807. The molecule has 1 aliphatic heterocycles. The zero-order valence-corrected chi connectivity index (χ0v) is 18.0. The number of amides is 1. The SMILES string of the molecule is O=C(COc1ccc(Cl)cc1Cl)N(Cc1ccc(Cl)cc1Cl)C[C@@H]1CCCO1. The number of hydrogen-bond acceptors (Lipinski definition) is 3. The minimum Gasteiger partial charge on any atom is -0.482 e. The number of carbonyl (C=O) groups is 1. The normalized spacial score (nSPS) is 16.2. The highest BCUT2D eigenvalue weighted by molar-refractivity contribution is 6.35. The Hall–Kier alpha value is -1.17. The molecule has 1 heterocycles. The summed E-state index contributed by atoms with van der Waals surface area (Å²) in [4.78, 5) is 14.6. The van der Waals surface area contributed by atoms with Gasteiger partial charge in [0, 0.05) is 34.8 Å². The summed E-state index contributed by atoms with van der Waals surface area (Å²) in [5, 5.41) is 1.92. The monoisotopic (exact) mass is 461 g/mol. The number of nitrogens with zero attached hydrogens (tertiary/aromatic N) is 1. The van der Waals surface area contributed by atoms with Gasteiger partial charge in [0.1, 0.15) is 5.75 Å². The molecule has 0 bridgehead atoms. The van der Waals surface area contributed by atoms with Crippen LogP contribution in [-0.2, 0) is 16.1 Å². The molecule has 1 aliphatic rings. The van der Waals surface area contributed by atoms with Gasteiger partial charge in [-0.1, -0.05) is 52.5 Å². The highest BCUT2D eigenvalue weighted by atomic mass is 35.5. The van der Waals surface area contributed by atoms with Crippen LogP contribution in [-0.4, -0.2) is 36.7 Å². The molecule has 2 aromatic carbocycles. The van der Waals surface area contributed by atoms with Gasteiger partial charge in [0.2, 0.25) is 0 Å². The highest BCUT2D eigenvalue weighted by Gasteiger charge is 2.24. The smallest absolute Gasteiger partial charge is 0.260 e. The summed E-state index contributed by atoms with van der Waals surface area (Å²) in [6.45, 7) is 1.37. The standard InChI is InChI=1S/C20H19Cl4NO3/c21-14-4-3-13(17(23)8-14)10-25(11-16-2-1-7-27-16)20(26)12-28-19-6-5-15(22)9-18(19)24/h3-6,8-9,16H,1-2,7,10-12H2/t16-/m0/s1. The van der Waals surface area contributed by atoms with Crippen LogP contribution in [0.1, 0.15) is 18.4 Å². The number of carbonyl (C=O) groups excluding carboxylic acids is 1. The Bertz CT molecular complexity index is 840. The summed E-state index contributed by atoms with van der Waals surface area (Å²) in [6, 6.07) is 10.1. The van der Waals surface area contributed by atoms with Crippen molar-refractivity contribution >= 4 is 52.3 Å². The first-order valence-corrected chi connectivity index (χ1v) is 10.3. The largest absolute Gasteiger partial charge is 0.482 e. The lowest BCUT2D eigenvalue weighted by atomic mass is 10.1. The summed E-state index contributed by atoms with van der Waals surface area (Å²) in [6.07, 6.45) is 1.92. The fourth-order valence-corrected chi connectivity index (χ4v) is 3.90. The van der Waals surface area contributed by atoms with Crippen LogP contribution in [0.4, 0.5) is 0 Å². The molecule has 0 aliphatic carbocycles. The maximum atomic E-state index is 12.9. The molecule has 0 N–H and O–H groups in total. The highest BCUT2D eigenvalue weighted by Crippen LogP contribution is 2.28. The summed E-state index contributed by atoms with van der Waals surface area (Å²) >= 11 is 24.3. The Morgan fingerprint density at radius 2 is 1.79 bits per heavy atom. The van der Waals surface area contributed by atoms with Crippen molar-refractivity contribution in [2.45, 2.75) is 25.5 Å². The molecule has 0 radical (unpaired) electrons. The number of benzene rings is 2. The second kappa shape index (κ2) is 10.0. The van der Waals surface area contributed by atoms with Crippen molar-refractivity contribution in [3.05, 3.63) is 62.1 Å². The fourth-order valence-electron chi connectivity index (χ4n) is 2.97. The molecule has 0 unspecified atom stereocenters. The van der Waals surface area contributed by atoms with E-state index in [1.165, 1.54) is 0 Å². The van der Waals surface area contributed by atoms with Crippen molar-refractivity contribution in [2.24, 2.45) is 0 Å². The van der Waals surface area contributed by atoms with Crippen molar-refractivity contribution in [3.63, 3.8) is 0 Å². The van der Waals surface area contributed by atoms with Gasteiger partial charge in [-0.05, 0) is 48.7 Å². The second-order valence-electron chi connectivity index (χ2n) is 6.51. The van der Waals surface area contributed by atoms with E-state index in [1.54, 1.807) is 35.2 Å². The number of rotatable bonds is 7. The molecule has 8 heteroatoms. The van der Waals surface area contributed by atoms with Gasteiger partial charge in [-0.2, -0.15) is 0 Å². The van der Waals surface area contributed by atoms with Crippen LogP contribution in [0.3, 0.4) is 0 Å². The van der Waals surface area contributed by atoms with Crippen LogP contribution in [0.15, 0.2) is 36.4 Å². The third-order valence-electron chi connectivity index (χ3n) is 4.42. The Kier molecular flexibility index (Phi) is 7.72. The van der Waals surface area contributed by atoms with Gasteiger partial charge in [-0.3, -0.25) is 4.79 Å². The van der Waals surface area contributed by atoms with E-state index in [2.05, 4.69) is 0 Å². The van der Waals surface area contributed by atoms with Crippen LogP contribution in [0.2, 0.25) is 20.1 Å². The van der Waals surface area contributed by atoms with Crippen molar-refractivity contribution in [2.75, 3.05) is 19.8 Å². The van der Waals surface area contributed by atoms with Gasteiger partial charge in [0.15, 0.2) is 6.61 Å². The first-order valence-electron chi connectivity index (χ1n) is 8.83. The molecule has 1 amide bonds. The van der Waals surface area contributed by atoms with E-state index < -0.39 is 0 Å². The zero-order valence-electron chi connectivity index (χ0n) is 15.0. The molecule has 28 heavy (non-hydrogen) atoms. The van der Waals surface area contributed by atoms with E-state index in [-0.39, 0.29) is 18.6 Å². The van der Waals surface area contributed by atoms with Gasteiger partial charge in [-0.25, -0.2) is 0 Å². The van der Waals surface area contributed by atoms with Gasteiger partial charge in [-0.15, -0.1) is 0 Å². The van der Waals surface area contributed by atoms with Gasteiger partial charge < -0.3 is 14.4 Å². The second-order valence-corrected chi connectivity index (χ2v) is 8.20. The molecule has 3 rings (SSSR count). The molecule has 150 valence electrons. The van der Waals surface area contributed by atoms with E-state index in [0.717, 1.165) is 18.4 Å². The molecule has 2 aromatic rings. The van der Waals surface area contributed by atoms with Crippen molar-refractivity contribution in [1.29, 1.82) is 0 Å². The van der Waals surface area contributed by atoms with E-state index in [9.17, 15) is 4.79 Å². The number of hydrogen-bond donors (Lipinski definition) is 0. The van der Waals surface area contributed by atoms with Gasteiger partial charge in [0.25, 0.3) is 5.91 Å². The van der Waals surface area contributed by atoms with Crippen molar-refractivity contribution < 1.29 is 14.3 Å². The Morgan fingerprint density at radius 1 is 1.07 bits per heavy atom. The molecular weight excluding hydrogens is 444 g/mol. The van der Waals surface area contributed by atoms with E-state index in [0.29, 0.717) is 45.5 Å². The first-order chi connectivity index (χ1) is 13.4. The number of halogens is 4. The lowest BCUT2D eigenvalue weighted by Gasteiger charge is -2.26. The van der Waals surface area contributed by atoms with E-state index >= 15 is 0 Å². The summed E-state index contributed by atoms with van der Waals surface area (Å²) in [7, 11) is 0. The maximum Gasteiger partial charge on any atom is 0.260 e. The van der Waals surface area contributed by atoms with Crippen LogP contribution in [0.5, 0.6) is 5.75 Å². The molecule has 0 spiro atoms. The lowest BCUT2D eigenvalue weighted by Crippen LogP contribution is -2.39. The van der Waals surface area contributed by atoms with Crippen molar-refractivity contribution in [3.8, 4) is 5.75 Å². The fraction of sp³-hybridized carbons (Fsp3) is 0.350. The summed E-state index contributed by atoms with van der Waals surface area (Å²) in [5.74, 6) is 0.216. The summed E-state index contributed by atoms with van der Waals surface area (Å²) < 4.78 is 11.3. The molecule has 0 saturated carbocycles. The third kappa shape index (κ3) is 5.91. The quantitative estimate of drug-likeness (QED) is 0.515. The van der Waals surface area contributed by atoms with E-state index in [1.807, 2.05) is 6.07 Å². The van der Waals surface area contributed by atoms with Crippen LogP contribution >= 0.6 is 46.4 Å². The Morgan fingerprint density at radius 3 is 2.43 bits per heavy atom. The zero-order chi connectivity index (χ0) is 20.1. The van der Waals surface area contributed by atoms with Crippen LogP contribution in [0.25, 0.3) is 0 Å². The molecule has 0 aromatic heterocycles. The molecule has 1 saturated heterocycles. The molecule has 4 nitrogen and oxygen atoms in total. The molecule has 1 fully saturated rings. The van der Waals surface area contributed by atoms with Crippen LogP contribution < -0.4 is 4.74 Å². The Balaban J connectivity index is 1.70. The average Bonchev–Trinajstić information content (AvgIpc) is 3.15. The lowest BCUT2D eigenvalue weighted by molar-refractivity contribution is -0.135. The predicted molar refractivity (Wildman–Crippen MR) is 113 cm³/mol. The molecule has 1 atom stereocenters. The van der Waals surface area contributed by atoms with Gasteiger partial charge >= 0.3 is 0 Å². The van der Waals surface area contributed by atoms with Crippen molar-refractivity contribution in [1.82, 2.24) is 4.90 Å². The third-order valence-corrected chi connectivity index (χ3v) is 5.54. The van der Waals surface area contributed by atoms with E-state index in [4.69, 9.17) is 55.9 Å². The topological polar surface area (TPSA) is 38.8 Å². The number of ether oxygens (including phenoxy) is 2. The maximum absolute atomic E-state index is 12.9. The minimum absolute atomic E-state index is 0.00847. The van der Waals surface area contributed by atoms with Gasteiger partial charge in [0.05, 0.1) is 11.1 Å².